The Hall–Kier alpha value is -0.240. The Morgan fingerprint density at radius 2 is 0.600 bits per heavy atom. The number of piperazine rings is 1. The zero-order chi connectivity index (χ0) is 20.2. The van der Waals surface area contributed by atoms with Crippen LogP contribution in [0.15, 0.2) is 0 Å². The number of rotatable bonds is 4. The molecule has 6 nitrogen and oxygen atoms in total. The fourth-order valence-electron chi connectivity index (χ4n) is 7.07. The van der Waals surface area contributed by atoms with Gasteiger partial charge >= 0.3 is 0 Å². The largest absolute Gasteiger partial charge is 0.312 e. The Balaban J connectivity index is 1.39. The molecule has 5 aliphatic rings. The van der Waals surface area contributed by atoms with Gasteiger partial charge in [-0.15, -0.1) is 0 Å². The molecule has 0 amide bonds. The predicted molar refractivity (Wildman–Crippen MR) is 124 cm³/mol. The van der Waals surface area contributed by atoms with E-state index in [1.54, 1.807) is 0 Å². The van der Waals surface area contributed by atoms with Gasteiger partial charge in [-0.1, -0.05) is 25.7 Å². The highest BCUT2D eigenvalue weighted by Crippen LogP contribution is 2.28. The van der Waals surface area contributed by atoms with Gasteiger partial charge < -0.3 is 31.9 Å². The van der Waals surface area contributed by atoms with E-state index in [1.807, 2.05) is 0 Å². The molecule has 0 aromatic rings. The van der Waals surface area contributed by atoms with Crippen LogP contribution in [0.4, 0.5) is 0 Å². The Kier molecular flexibility index (Phi) is 7.62. The summed E-state index contributed by atoms with van der Waals surface area (Å²) in [5, 5.41) is 24.3. The highest BCUT2D eigenvalue weighted by atomic mass is 15.2. The van der Waals surface area contributed by atoms with E-state index in [2.05, 4.69) is 31.9 Å². The lowest BCUT2D eigenvalue weighted by molar-refractivity contribution is 0.0839. The minimum Gasteiger partial charge on any atom is -0.312 e. The van der Waals surface area contributed by atoms with E-state index in [9.17, 15) is 0 Å². The van der Waals surface area contributed by atoms with Gasteiger partial charge in [0.25, 0.3) is 0 Å². The van der Waals surface area contributed by atoms with E-state index in [0.717, 1.165) is 0 Å². The first-order chi connectivity index (χ1) is 14.9. The molecule has 8 unspecified atom stereocenters. The summed E-state index contributed by atoms with van der Waals surface area (Å²) < 4.78 is 0. The van der Waals surface area contributed by atoms with Gasteiger partial charge in [-0.05, 0) is 77.5 Å². The molecule has 0 aromatic carbocycles. The second-order valence-electron chi connectivity index (χ2n) is 10.7. The maximum atomic E-state index is 4.32. The van der Waals surface area contributed by atoms with Crippen LogP contribution in [-0.4, -0.2) is 74.5 Å². The van der Waals surface area contributed by atoms with Crippen LogP contribution in [-0.2, 0) is 0 Å². The Bertz CT molecular complexity index is 416. The molecule has 0 saturated carbocycles. The van der Waals surface area contributed by atoms with Gasteiger partial charge in [0.15, 0.2) is 0 Å². The normalized spacial score (nSPS) is 46.4. The Morgan fingerprint density at radius 3 is 0.800 bits per heavy atom. The van der Waals surface area contributed by atoms with Gasteiger partial charge in [-0.3, -0.25) is 0 Å². The van der Waals surface area contributed by atoms with Gasteiger partial charge in [0, 0.05) is 48.3 Å². The lowest BCUT2D eigenvalue weighted by Crippen LogP contribution is -2.80. The average molecular weight is 419 g/mol. The van der Waals surface area contributed by atoms with Crippen molar-refractivity contribution in [3.05, 3.63) is 0 Å². The SMILES string of the molecule is C1CCC(C2NC(C3CCCCN3)C(C3CCCCN3)NC2C2CCCCN2)NC1. The van der Waals surface area contributed by atoms with Crippen molar-refractivity contribution < 1.29 is 0 Å². The van der Waals surface area contributed by atoms with Crippen LogP contribution in [0.3, 0.4) is 0 Å². The summed E-state index contributed by atoms with van der Waals surface area (Å²) in [6.07, 6.45) is 16.1. The first kappa shape index (κ1) is 21.6. The molecule has 8 atom stereocenters. The zero-order valence-corrected chi connectivity index (χ0v) is 18.9. The summed E-state index contributed by atoms with van der Waals surface area (Å²) in [5.41, 5.74) is 0. The summed E-state index contributed by atoms with van der Waals surface area (Å²) in [4.78, 5) is 0. The topological polar surface area (TPSA) is 72.2 Å². The average Bonchev–Trinajstić information content (AvgIpc) is 2.85. The van der Waals surface area contributed by atoms with E-state index in [4.69, 9.17) is 0 Å². The Labute approximate surface area is 183 Å². The second-order valence-corrected chi connectivity index (χ2v) is 10.7. The highest BCUT2D eigenvalue weighted by molar-refractivity contribution is 5.12. The van der Waals surface area contributed by atoms with Crippen molar-refractivity contribution in [2.45, 2.75) is 125 Å². The van der Waals surface area contributed by atoms with Crippen LogP contribution < -0.4 is 31.9 Å². The predicted octanol–water partition coefficient (Wildman–Crippen LogP) is 1.22. The molecule has 5 rings (SSSR count). The van der Waals surface area contributed by atoms with E-state index >= 15 is 0 Å². The fraction of sp³-hybridized carbons (Fsp3) is 1.00. The summed E-state index contributed by atoms with van der Waals surface area (Å²) in [6, 6.07) is 4.50. The molecular formula is C24H46N6. The third kappa shape index (κ3) is 4.89. The van der Waals surface area contributed by atoms with Crippen molar-refractivity contribution in [1.29, 1.82) is 0 Å². The summed E-state index contributed by atoms with van der Waals surface area (Å²) in [6.45, 7) is 4.75. The maximum Gasteiger partial charge on any atom is 0.0394 e. The van der Waals surface area contributed by atoms with E-state index in [1.165, 1.54) is 103 Å². The third-order valence-corrected chi connectivity index (χ3v) is 8.67. The van der Waals surface area contributed by atoms with Gasteiger partial charge in [0.1, 0.15) is 0 Å². The van der Waals surface area contributed by atoms with Crippen molar-refractivity contribution in [3.63, 3.8) is 0 Å². The number of hydrogen-bond donors (Lipinski definition) is 6. The van der Waals surface area contributed by atoms with Crippen molar-refractivity contribution >= 4 is 0 Å². The van der Waals surface area contributed by atoms with Gasteiger partial charge in [-0.25, -0.2) is 0 Å². The molecular weight excluding hydrogens is 372 g/mol. The first-order valence-corrected chi connectivity index (χ1v) is 13.4. The number of hydrogen-bond acceptors (Lipinski definition) is 6. The minimum atomic E-state index is 0.523. The van der Waals surface area contributed by atoms with Crippen molar-refractivity contribution in [2.75, 3.05) is 26.2 Å². The van der Waals surface area contributed by atoms with Crippen LogP contribution in [0.2, 0.25) is 0 Å². The van der Waals surface area contributed by atoms with E-state index < -0.39 is 0 Å². The summed E-state index contributed by atoms with van der Waals surface area (Å²) in [5.74, 6) is 0. The maximum absolute atomic E-state index is 4.32. The molecule has 172 valence electrons. The van der Waals surface area contributed by atoms with E-state index in [-0.39, 0.29) is 0 Å². The lowest BCUT2D eigenvalue weighted by Gasteiger charge is -2.54. The standard InChI is InChI=1S/C24H46N6/c1-5-13-25-17(9-1)21-22(18-10-2-6-14-26-18)30-24(20-12-4-8-16-28-20)23(29-21)19-11-3-7-15-27-19/h17-30H,1-16H2. The highest BCUT2D eigenvalue weighted by Gasteiger charge is 2.47. The minimum absolute atomic E-state index is 0.523. The van der Waals surface area contributed by atoms with Crippen molar-refractivity contribution in [2.24, 2.45) is 0 Å². The molecule has 0 aromatic heterocycles. The zero-order valence-electron chi connectivity index (χ0n) is 18.9. The van der Waals surface area contributed by atoms with Crippen LogP contribution in [0.5, 0.6) is 0 Å². The molecule has 0 spiro atoms. The molecule has 5 fully saturated rings. The molecule has 5 saturated heterocycles. The summed E-state index contributed by atoms with van der Waals surface area (Å²) >= 11 is 0. The molecule has 6 N–H and O–H groups in total. The monoisotopic (exact) mass is 418 g/mol. The van der Waals surface area contributed by atoms with Crippen LogP contribution in [0.1, 0.15) is 77.0 Å². The molecule has 30 heavy (non-hydrogen) atoms. The molecule has 0 radical (unpaired) electrons. The molecule has 5 heterocycles. The lowest BCUT2D eigenvalue weighted by atomic mass is 9.77. The van der Waals surface area contributed by atoms with Gasteiger partial charge in [0.2, 0.25) is 0 Å². The van der Waals surface area contributed by atoms with E-state index in [0.29, 0.717) is 48.3 Å². The van der Waals surface area contributed by atoms with Crippen molar-refractivity contribution in [1.82, 2.24) is 31.9 Å². The second kappa shape index (κ2) is 10.6. The quantitative estimate of drug-likeness (QED) is 0.413. The van der Waals surface area contributed by atoms with Gasteiger partial charge in [-0.2, -0.15) is 0 Å². The smallest absolute Gasteiger partial charge is 0.0394 e. The third-order valence-electron chi connectivity index (χ3n) is 8.67. The first-order valence-electron chi connectivity index (χ1n) is 13.4. The van der Waals surface area contributed by atoms with Crippen LogP contribution in [0, 0.1) is 0 Å². The van der Waals surface area contributed by atoms with Gasteiger partial charge in [0.05, 0.1) is 0 Å². The number of piperidine rings is 4. The Morgan fingerprint density at radius 1 is 0.333 bits per heavy atom. The molecule has 0 bridgehead atoms. The summed E-state index contributed by atoms with van der Waals surface area (Å²) in [7, 11) is 0. The number of nitrogens with one attached hydrogen (secondary N) is 6. The molecule has 5 aliphatic heterocycles. The van der Waals surface area contributed by atoms with Crippen LogP contribution in [0.25, 0.3) is 0 Å². The van der Waals surface area contributed by atoms with Crippen molar-refractivity contribution in [3.8, 4) is 0 Å². The molecule has 6 heteroatoms. The molecule has 0 aliphatic carbocycles. The van der Waals surface area contributed by atoms with Crippen LogP contribution >= 0.6 is 0 Å². The fourth-order valence-corrected chi connectivity index (χ4v) is 7.07.